The van der Waals surface area contributed by atoms with Gasteiger partial charge in [-0.2, -0.15) is 13.2 Å². The highest BCUT2D eigenvalue weighted by Crippen LogP contribution is 2.37. The highest BCUT2D eigenvalue weighted by atomic mass is 35.5. The van der Waals surface area contributed by atoms with E-state index in [2.05, 4.69) is 35.9 Å². The quantitative estimate of drug-likeness (QED) is 0.0192. The van der Waals surface area contributed by atoms with Gasteiger partial charge in [-0.25, -0.2) is 9.59 Å². The van der Waals surface area contributed by atoms with Gasteiger partial charge >= 0.3 is 23.4 Å². The van der Waals surface area contributed by atoms with Gasteiger partial charge in [0.2, 0.25) is 0 Å². The lowest BCUT2D eigenvalue weighted by Gasteiger charge is -2.14. The second-order valence-electron chi connectivity index (χ2n) is 13.0. The zero-order valence-corrected chi connectivity index (χ0v) is 38.3. The van der Waals surface area contributed by atoms with Crippen molar-refractivity contribution in [3.05, 3.63) is 104 Å². The van der Waals surface area contributed by atoms with E-state index in [0.29, 0.717) is 28.4 Å². The van der Waals surface area contributed by atoms with Crippen molar-refractivity contribution in [2.75, 3.05) is 37.4 Å². The first-order valence-corrected chi connectivity index (χ1v) is 24.3. The fourth-order valence-corrected chi connectivity index (χ4v) is 5.90. The van der Waals surface area contributed by atoms with Crippen molar-refractivity contribution in [2.24, 2.45) is 0 Å². The molecule has 3 aromatic carbocycles. The largest absolute Gasteiger partial charge is 0.778 e. The molecule has 1 unspecified atom stereocenters. The van der Waals surface area contributed by atoms with Crippen LogP contribution in [0.1, 0.15) is 61.4 Å². The number of nitro benzene ring substituents is 1. The van der Waals surface area contributed by atoms with Crippen molar-refractivity contribution in [3.8, 4) is 28.5 Å². The number of nitro groups is 1. The highest BCUT2D eigenvalue weighted by Gasteiger charge is 2.31. The van der Waals surface area contributed by atoms with E-state index < -0.39 is 60.3 Å². The number of nitrogens with one attached hydrogen (secondary N) is 1. The minimum absolute atomic E-state index is 0.125. The zero-order valence-electron chi connectivity index (χ0n) is 34.3. The Morgan fingerprint density at radius 3 is 2.08 bits per heavy atom. The van der Waals surface area contributed by atoms with E-state index >= 15 is 0 Å². The van der Waals surface area contributed by atoms with Crippen LogP contribution in [0, 0.1) is 10.1 Å². The third kappa shape index (κ3) is 24.8. The molecule has 1 atom stereocenters. The normalized spacial score (nSPS) is 11.6. The van der Waals surface area contributed by atoms with Crippen LogP contribution in [-0.4, -0.2) is 84.8 Å². The average Bonchev–Trinajstić information content (AvgIpc) is 3.18. The first-order valence-electron chi connectivity index (χ1n) is 18.4. The predicted molar refractivity (Wildman–Crippen MR) is 236 cm³/mol. The number of aromatic carboxylic acids is 1. The summed E-state index contributed by atoms with van der Waals surface area (Å²) < 4.78 is 58.3. The molecule has 0 aliphatic rings. The number of alkyl halides is 3. The van der Waals surface area contributed by atoms with E-state index in [1.807, 2.05) is 35.6 Å². The number of benzene rings is 3. The minimum atomic E-state index is -4.58. The Kier molecular flexibility index (Phi) is 26.1. The van der Waals surface area contributed by atoms with E-state index in [-0.39, 0.29) is 27.0 Å². The maximum atomic E-state index is 12.6. The number of carboxylic acids is 2. The van der Waals surface area contributed by atoms with Gasteiger partial charge in [0.25, 0.3) is 5.69 Å². The molecular weight excluding hydrogens is 939 g/mol. The third-order valence-electron chi connectivity index (χ3n) is 7.16. The Labute approximate surface area is 378 Å². The van der Waals surface area contributed by atoms with Gasteiger partial charge in [-0.05, 0) is 53.3 Å². The summed E-state index contributed by atoms with van der Waals surface area (Å²) in [6, 6.07) is 16.3. The van der Waals surface area contributed by atoms with Crippen LogP contribution in [0.3, 0.4) is 0 Å². The maximum absolute atomic E-state index is 12.6. The molecule has 0 saturated heterocycles. The Morgan fingerprint density at radius 2 is 1.54 bits per heavy atom. The number of hydrogen-bond donors (Lipinski definition) is 4. The van der Waals surface area contributed by atoms with Gasteiger partial charge in [0.1, 0.15) is 30.4 Å². The molecule has 0 radical (unpaired) electrons. The van der Waals surface area contributed by atoms with Crippen LogP contribution < -0.4 is 19.7 Å². The van der Waals surface area contributed by atoms with Crippen molar-refractivity contribution in [3.63, 3.8) is 0 Å². The van der Waals surface area contributed by atoms with Crippen LogP contribution in [0.2, 0.25) is 10.2 Å². The van der Waals surface area contributed by atoms with Gasteiger partial charge in [-0.1, -0.05) is 92.6 Å². The molecule has 0 spiro atoms. The molecule has 1 heterocycles. The molecule has 0 amide bonds. The van der Waals surface area contributed by atoms with Gasteiger partial charge in [0.15, 0.2) is 10.9 Å². The van der Waals surface area contributed by atoms with Crippen molar-refractivity contribution in [1.29, 1.82) is 0 Å². The summed E-state index contributed by atoms with van der Waals surface area (Å²) >= 11 is 12.8. The molecule has 0 bridgehead atoms. The van der Waals surface area contributed by atoms with Crippen LogP contribution in [0.5, 0.6) is 17.2 Å². The molecule has 4 N–H and O–H groups in total. The Bertz CT molecular complexity index is 2140. The molecule has 4 aromatic rings. The van der Waals surface area contributed by atoms with Crippen LogP contribution in [0.15, 0.2) is 72.8 Å². The number of nitrogens with zero attached hydrogens (tertiary/aromatic N) is 3. The number of carbonyl (C=O) groups excluding carboxylic acids is 1. The number of hydrogen-bond acceptors (Lipinski definition) is 13. The van der Waals surface area contributed by atoms with E-state index in [4.69, 9.17) is 47.8 Å². The topological polar surface area (TPSA) is 251 Å². The lowest BCUT2D eigenvalue weighted by atomic mass is 10.1. The molecule has 16 nitrogen and oxygen atoms in total. The Balaban J connectivity index is 0.000000487. The molecule has 0 saturated carbocycles. The number of carboxylic acid groups (broad SMARTS) is 2. The maximum Gasteiger partial charge on any atom is 0.416 e. The number of ether oxygens (including phenoxy) is 2. The Morgan fingerprint density at radius 1 is 0.921 bits per heavy atom. The first kappa shape index (κ1) is 56.5. The minimum Gasteiger partial charge on any atom is -0.778 e. The molecule has 346 valence electrons. The van der Waals surface area contributed by atoms with Crippen molar-refractivity contribution in [1.82, 2.24) is 15.5 Å². The van der Waals surface area contributed by atoms with Crippen LogP contribution >= 0.6 is 42.6 Å². The lowest BCUT2D eigenvalue weighted by molar-refractivity contribution is -0.385. The van der Waals surface area contributed by atoms with E-state index in [1.54, 1.807) is 0 Å². The second kappa shape index (κ2) is 29.1. The fourth-order valence-electron chi connectivity index (χ4n) is 4.48. The second-order valence-corrected chi connectivity index (χ2v) is 18.9. The van der Waals surface area contributed by atoms with Crippen molar-refractivity contribution >= 4 is 76.4 Å². The molecule has 1 aromatic heterocycles. The monoisotopic (exact) mass is 984 g/mol. The fraction of sp³-hybridized carbons (Fsp3) is 0.359. The van der Waals surface area contributed by atoms with Crippen LogP contribution in [0.4, 0.5) is 23.7 Å². The van der Waals surface area contributed by atoms with E-state index in [9.17, 15) is 47.1 Å². The highest BCUT2D eigenvalue weighted by molar-refractivity contribution is 8.13. The van der Waals surface area contributed by atoms with Gasteiger partial charge in [-0.15, -0.1) is 10.2 Å². The molecule has 0 aliphatic carbocycles. The van der Waals surface area contributed by atoms with Gasteiger partial charge in [0.05, 0.1) is 47.1 Å². The summed E-state index contributed by atoms with van der Waals surface area (Å²) in [5.41, 5.74) is -0.905. The number of thioether (sulfide) groups is 1. The molecule has 63 heavy (non-hydrogen) atoms. The summed E-state index contributed by atoms with van der Waals surface area (Å²) in [5.74, 6) is -1.90. The smallest absolute Gasteiger partial charge is 0.416 e. The number of unbranched alkanes of at least 4 members (excludes halogenated alkanes) is 5. The van der Waals surface area contributed by atoms with Gasteiger partial charge < -0.3 is 34.0 Å². The summed E-state index contributed by atoms with van der Waals surface area (Å²) in [5, 5.41) is 37.1. The number of aromatic nitrogens is 2. The zero-order chi connectivity index (χ0) is 47.8. The third-order valence-corrected chi connectivity index (χ3v) is 9.07. The van der Waals surface area contributed by atoms with E-state index in [1.165, 1.54) is 43.5 Å². The molecular formula is C39H46Cl2F3N4O12PS2. The molecule has 4 rings (SSSR count). The molecule has 0 aliphatic heterocycles. The molecule has 24 heteroatoms. The summed E-state index contributed by atoms with van der Waals surface area (Å²) in [4.78, 5) is 60.8. The summed E-state index contributed by atoms with van der Waals surface area (Å²) in [7, 11) is -3.71. The van der Waals surface area contributed by atoms with Gasteiger partial charge in [-0.3, -0.25) is 20.2 Å². The van der Waals surface area contributed by atoms with Crippen LogP contribution in [0.25, 0.3) is 11.3 Å². The Hall–Kier alpha value is -4.47. The SMILES string of the molecule is CCCCCCCCSC(=O)Oc1cc(Cl)nnc1-c1ccccc1.C[S+](C)C.O=C(O)CNCP(=O)([O-])O.O=C(O)c1cc(Oc2ccc(C(F)(F)F)cc2Cl)ccc1[N+](=O)[O-]. The van der Waals surface area contributed by atoms with Crippen LogP contribution in [-0.2, 0) is 26.4 Å². The van der Waals surface area contributed by atoms with Crippen molar-refractivity contribution < 1.29 is 66.5 Å². The standard InChI is InChI=1S/C19H23ClN2O2S.C14H7ClF3NO5.C3H8NO5P.C3H9S/c1-2-3-4-5-6-10-13-25-19(23)24-16-14-17(20)21-22-18(16)15-11-8-7-9-12-15;15-10-5-7(14(16,17)18)1-4-12(10)24-8-2-3-11(19(22)23)9(6-8)13(20)21;5-3(6)1-4-2-10(7,8)9;1-4(2)3/h7-9,11-12,14H,2-6,10,13H2,1H3;1-6H,(H,20,21);4H,1-2H2,(H,5,6)(H2,7,8,9);1-3H3/q;;;+1/p-1. The van der Waals surface area contributed by atoms with Crippen molar-refractivity contribution in [2.45, 2.75) is 51.6 Å². The number of carbonyl (C=O) groups is 3. The number of aliphatic carboxylic acids is 1. The number of halogens is 5. The number of rotatable bonds is 17. The predicted octanol–water partition coefficient (Wildman–Crippen LogP) is 9.80. The lowest BCUT2D eigenvalue weighted by Crippen LogP contribution is -2.25. The average molecular weight is 986 g/mol. The van der Waals surface area contributed by atoms with Gasteiger partial charge in [0, 0.05) is 29.5 Å². The first-order chi connectivity index (χ1) is 29.4. The van der Waals surface area contributed by atoms with E-state index in [0.717, 1.165) is 54.5 Å². The molecule has 0 fully saturated rings. The summed E-state index contributed by atoms with van der Waals surface area (Å²) in [6.07, 6.45) is 8.49. The summed E-state index contributed by atoms with van der Waals surface area (Å²) in [6.45, 7) is 1.72.